The molecule has 29 heavy (non-hydrogen) atoms. The minimum Gasteiger partial charge on any atom is -0.467 e. The number of alkyl halides is 3. The molecule has 0 aliphatic rings. The van der Waals surface area contributed by atoms with Crippen LogP contribution >= 0.6 is 11.6 Å². The summed E-state index contributed by atoms with van der Waals surface area (Å²) in [6.45, 7) is 0. The first-order valence-corrected chi connectivity index (χ1v) is 8.46. The van der Waals surface area contributed by atoms with E-state index in [9.17, 15) is 18.0 Å². The van der Waals surface area contributed by atoms with Crippen LogP contribution in [0.3, 0.4) is 0 Å². The molecule has 0 spiro atoms. The van der Waals surface area contributed by atoms with Crippen LogP contribution in [-0.2, 0) is 0 Å². The second-order valence-electron chi connectivity index (χ2n) is 5.65. The molecule has 1 N–H and O–H groups in total. The van der Waals surface area contributed by atoms with Crippen molar-refractivity contribution in [2.24, 2.45) is 0 Å². The third-order valence-corrected chi connectivity index (χ3v) is 4.04. The Morgan fingerprint density at radius 3 is 2.45 bits per heavy atom. The maximum atomic E-state index is 12.6. The summed E-state index contributed by atoms with van der Waals surface area (Å²) in [6.07, 6.45) is -1.94. The maximum absolute atomic E-state index is 12.6. The van der Waals surface area contributed by atoms with Crippen molar-refractivity contribution in [1.29, 1.82) is 0 Å². The minimum atomic E-state index is -4.89. The summed E-state index contributed by atoms with van der Waals surface area (Å²) in [7, 11) is 1.42. The van der Waals surface area contributed by atoms with Crippen LogP contribution in [0, 0.1) is 0 Å². The zero-order chi connectivity index (χ0) is 21.0. The maximum Gasteiger partial charge on any atom is 0.573 e. The van der Waals surface area contributed by atoms with E-state index in [0.29, 0.717) is 16.1 Å². The smallest absolute Gasteiger partial charge is 0.467 e. The second kappa shape index (κ2) is 8.36. The molecule has 0 fully saturated rings. The molecule has 0 radical (unpaired) electrons. The van der Waals surface area contributed by atoms with Crippen molar-refractivity contribution in [3.05, 3.63) is 65.4 Å². The van der Waals surface area contributed by atoms with Gasteiger partial charge in [0, 0.05) is 34.1 Å². The molecule has 0 atom stereocenters. The summed E-state index contributed by atoms with van der Waals surface area (Å²) in [4.78, 5) is 20.6. The van der Waals surface area contributed by atoms with Gasteiger partial charge >= 0.3 is 12.4 Å². The van der Waals surface area contributed by atoms with E-state index in [0.717, 1.165) is 6.07 Å². The fourth-order valence-electron chi connectivity index (χ4n) is 2.43. The molecule has 150 valence electrons. The molecule has 1 amide bonds. The molecule has 0 bridgehead atoms. The van der Waals surface area contributed by atoms with Gasteiger partial charge in [-0.05, 0) is 30.3 Å². The van der Waals surface area contributed by atoms with Gasteiger partial charge in [-0.2, -0.15) is 0 Å². The van der Waals surface area contributed by atoms with E-state index in [1.165, 1.54) is 55.9 Å². The lowest BCUT2D eigenvalue weighted by molar-refractivity contribution is -0.274. The van der Waals surface area contributed by atoms with Gasteiger partial charge in [-0.1, -0.05) is 23.7 Å². The van der Waals surface area contributed by atoms with E-state index >= 15 is 0 Å². The van der Waals surface area contributed by atoms with Crippen LogP contribution in [0.5, 0.6) is 11.8 Å². The summed E-state index contributed by atoms with van der Waals surface area (Å²) in [5.74, 6) is -1.17. The van der Waals surface area contributed by atoms with Crippen molar-refractivity contribution < 1.29 is 27.4 Å². The number of nitrogens with one attached hydrogen (secondary N) is 1. The average molecular weight is 424 g/mol. The number of rotatable bonds is 5. The zero-order valence-electron chi connectivity index (χ0n) is 14.8. The number of carbonyl (C=O) groups excluding carboxylic acids is 1. The van der Waals surface area contributed by atoms with E-state index in [2.05, 4.69) is 20.0 Å². The number of benzene rings is 2. The molecule has 0 saturated heterocycles. The summed E-state index contributed by atoms with van der Waals surface area (Å²) in [5.41, 5.74) is 1.05. The van der Waals surface area contributed by atoms with Gasteiger partial charge in [0.15, 0.2) is 5.75 Å². The van der Waals surface area contributed by atoms with Gasteiger partial charge in [-0.25, -0.2) is 9.97 Å². The molecule has 3 rings (SSSR count). The molecule has 1 aromatic heterocycles. The van der Waals surface area contributed by atoms with Crippen LogP contribution < -0.4 is 14.8 Å². The lowest BCUT2D eigenvalue weighted by Crippen LogP contribution is -2.19. The molecule has 3 aromatic rings. The molecular weight excluding hydrogens is 411 g/mol. The highest BCUT2D eigenvalue weighted by Crippen LogP contribution is 2.32. The van der Waals surface area contributed by atoms with E-state index in [1.54, 1.807) is 0 Å². The lowest BCUT2D eigenvalue weighted by atomic mass is 10.1. The number of hydrogen-bond acceptors (Lipinski definition) is 5. The number of para-hydroxylation sites is 2. The van der Waals surface area contributed by atoms with Gasteiger partial charge in [0.1, 0.15) is 0 Å². The van der Waals surface area contributed by atoms with Crippen LogP contribution in [-0.4, -0.2) is 29.3 Å². The highest BCUT2D eigenvalue weighted by atomic mass is 35.5. The summed E-state index contributed by atoms with van der Waals surface area (Å²) < 4.78 is 46.5. The zero-order valence-corrected chi connectivity index (χ0v) is 15.6. The van der Waals surface area contributed by atoms with Crippen molar-refractivity contribution in [2.75, 3.05) is 12.4 Å². The quantitative estimate of drug-likeness (QED) is 0.628. The number of amides is 1. The third-order valence-electron chi connectivity index (χ3n) is 3.71. The molecule has 6 nitrogen and oxygen atoms in total. The number of carbonyl (C=O) groups is 1. The molecule has 0 aliphatic carbocycles. The summed E-state index contributed by atoms with van der Waals surface area (Å²) >= 11 is 6.20. The summed E-state index contributed by atoms with van der Waals surface area (Å²) in [5, 5.41) is 2.75. The number of ether oxygens (including phenoxy) is 2. The first-order valence-electron chi connectivity index (χ1n) is 8.09. The lowest BCUT2D eigenvalue weighted by Gasteiger charge is -2.14. The number of halogens is 4. The fraction of sp³-hybridized carbons (Fsp3) is 0.105. The third kappa shape index (κ3) is 5.14. The molecule has 1 heterocycles. The van der Waals surface area contributed by atoms with Gasteiger partial charge in [-0.15, -0.1) is 13.2 Å². The highest BCUT2D eigenvalue weighted by molar-refractivity contribution is 6.33. The van der Waals surface area contributed by atoms with Crippen molar-refractivity contribution >= 4 is 23.2 Å². The Hall–Kier alpha value is -3.33. The van der Waals surface area contributed by atoms with E-state index < -0.39 is 18.0 Å². The highest BCUT2D eigenvalue weighted by Gasteiger charge is 2.32. The number of aromatic nitrogens is 2. The molecule has 0 saturated carbocycles. The van der Waals surface area contributed by atoms with E-state index in [-0.39, 0.29) is 17.3 Å². The fourth-order valence-corrected chi connectivity index (χ4v) is 2.65. The molecule has 10 heteroatoms. The van der Waals surface area contributed by atoms with Crippen LogP contribution in [0.2, 0.25) is 5.02 Å². The predicted molar refractivity (Wildman–Crippen MR) is 100 cm³/mol. The van der Waals surface area contributed by atoms with Gasteiger partial charge in [0.25, 0.3) is 5.91 Å². The topological polar surface area (TPSA) is 73.3 Å². The molecule has 0 unspecified atom stereocenters. The van der Waals surface area contributed by atoms with Crippen LogP contribution in [0.4, 0.5) is 18.9 Å². The van der Waals surface area contributed by atoms with Gasteiger partial charge in [0.2, 0.25) is 0 Å². The van der Waals surface area contributed by atoms with Crippen molar-refractivity contribution in [2.45, 2.75) is 6.36 Å². The molecule has 0 aliphatic heterocycles. The monoisotopic (exact) mass is 423 g/mol. The second-order valence-corrected chi connectivity index (χ2v) is 6.06. The predicted octanol–water partition coefficient (Wildman–Crippen LogP) is 4.96. The van der Waals surface area contributed by atoms with Crippen molar-refractivity contribution in [1.82, 2.24) is 9.97 Å². The van der Waals surface area contributed by atoms with Gasteiger partial charge in [0.05, 0.1) is 12.8 Å². The molecular formula is C19H13ClF3N3O3. The number of nitrogens with zero attached hydrogens (tertiary/aromatic N) is 2. The summed E-state index contributed by atoms with van der Waals surface area (Å²) in [6, 6.07) is 9.82. The average Bonchev–Trinajstić information content (AvgIpc) is 2.69. The number of anilines is 1. The minimum absolute atomic E-state index is 0.126. The first kappa shape index (κ1) is 20.4. The molecule has 2 aromatic carbocycles. The number of methoxy groups -OCH3 is 1. The largest absolute Gasteiger partial charge is 0.573 e. The van der Waals surface area contributed by atoms with E-state index in [1.807, 2.05) is 0 Å². The SMILES string of the molecule is COc1ncc(-c2cc(C(=O)Nc3ccccc3OC(F)(F)F)ccc2Cl)cn1. The Labute approximate surface area is 168 Å². The van der Waals surface area contributed by atoms with Gasteiger partial charge < -0.3 is 14.8 Å². The van der Waals surface area contributed by atoms with Gasteiger partial charge in [-0.3, -0.25) is 4.79 Å². The first-order chi connectivity index (χ1) is 13.8. The van der Waals surface area contributed by atoms with Crippen LogP contribution in [0.1, 0.15) is 10.4 Å². The van der Waals surface area contributed by atoms with Crippen LogP contribution in [0.15, 0.2) is 54.9 Å². The van der Waals surface area contributed by atoms with Crippen LogP contribution in [0.25, 0.3) is 11.1 Å². The van der Waals surface area contributed by atoms with E-state index in [4.69, 9.17) is 16.3 Å². The van der Waals surface area contributed by atoms with Crippen molar-refractivity contribution in [3.63, 3.8) is 0 Å². The Bertz CT molecular complexity index is 1030. The Morgan fingerprint density at radius 1 is 1.10 bits per heavy atom. The number of hydrogen-bond donors (Lipinski definition) is 1. The standard InChI is InChI=1S/C19H13ClF3N3O3/c1-28-18-24-9-12(10-25-18)13-8-11(6-7-14(13)20)17(27)26-15-4-2-3-5-16(15)29-19(21,22)23/h2-10H,1H3,(H,26,27). The Kier molecular flexibility index (Phi) is 5.88. The Morgan fingerprint density at radius 2 is 1.79 bits per heavy atom. The van der Waals surface area contributed by atoms with Crippen molar-refractivity contribution in [3.8, 4) is 22.9 Å². The normalized spacial score (nSPS) is 11.1. The Balaban J connectivity index is 1.87.